The Bertz CT molecular complexity index is 1190. The Morgan fingerprint density at radius 1 is 0.961 bits per heavy atom. The molecule has 0 aromatic rings. The largest absolute Gasteiger partial charge is 0.460 e. The molecule has 1 spiro atoms. The highest BCUT2D eigenvalue weighted by molar-refractivity contribution is 5.88. The minimum absolute atomic E-state index is 0.0157. The van der Waals surface area contributed by atoms with Crippen LogP contribution in [0.1, 0.15) is 73.1 Å². The molecule has 0 aromatic heterocycles. The summed E-state index contributed by atoms with van der Waals surface area (Å²) in [5.41, 5.74) is 0.610. The van der Waals surface area contributed by atoms with Crippen molar-refractivity contribution in [2.45, 2.75) is 109 Å². The van der Waals surface area contributed by atoms with Crippen molar-refractivity contribution < 1.29 is 52.4 Å². The lowest BCUT2D eigenvalue weighted by molar-refractivity contribution is -0.172. The fraction of sp³-hybridized carbons (Fsp3) is 0.806. The monoisotopic (exact) mass is 724 g/mol. The first-order valence-electron chi connectivity index (χ1n) is 18.2. The summed E-state index contributed by atoms with van der Waals surface area (Å²) >= 11 is 0. The van der Waals surface area contributed by atoms with Gasteiger partial charge < -0.3 is 54.5 Å². The molecular weight excluding hydrogens is 664 g/mol. The third-order valence-electron chi connectivity index (χ3n) is 9.60. The molecule has 1 aliphatic carbocycles. The van der Waals surface area contributed by atoms with E-state index < -0.39 is 11.9 Å². The Morgan fingerprint density at radius 3 is 2.33 bits per heavy atom. The molecule has 2 heterocycles. The molecule has 3 fully saturated rings. The number of hydrogen-bond donors (Lipinski definition) is 4. The van der Waals surface area contributed by atoms with Gasteiger partial charge in [-0.25, -0.2) is 0 Å². The Hall–Kier alpha value is -2.95. The van der Waals surface area contributed by atoms with E-state index in [1.165, 1.54) is 5.57 Å². The lowest BCUT2D eigenvalue weighted by Gasteiger charge is -2.42. The molecule has 7 atom stereocenters. The van der Waals surface area contributed by atoms with Crippen molar-refractivity contribution >= 4 is 30.0 Å². The number of carbonyl (C=O) groups excluding carboxylic acids is 5. The molecular formula is C36H60N4O11. The van der Waals surface area contributed by atoms with E-state index >= 15 is 0 Å². The highest BCUT2D eigenvalue weighted by Crippen LogP contribution is 2.59. The van der Waals surface area contributed by atoms with Gasteiger partial charge in [0.1, 0.15) is 29.7 Å². The number of esters is 1. The molecule has 4 N–H and O–H groups in total. The smallest absolute Gasteiger partial charge is 0.306 e. The number of carbonyl (C=O) groups is 5. The van der Waals surface area contributed by atoms with Crippen molar-refractivity contribution in [1.82, 2.24) is 21.3 Å². The molecule has 15 nitrogen and oxygen atoms in total. The van der Waals surface area contributed by atoms with E-state index in [9.17, 15) is 24.0 Å². The SMILES string of the molecule is COC1C(OC(=O)CCCOCCOCCNC(=O)CCN[C@H](C(=O)NCC(=O)NCC=O)C(C)C)CC[C@]2(CO2)C1[C@]1(C)O[C@@H]1CC=C(C)C. The van der Waals surface area contributed by atoms with Crippen LogP contribution in [0.5, 0.6) is 0 Å². The summed E-state index contributed by atoms with van der Waals surface area (Å²) in [6.45, 7) is 12.3. The Kier molecular flexibility index (Phi) is 17.4. The van der Waals surface area contributed by atoms with Gasteiger partial charge in [0.15, 0.2) is 0 Å². The third kappa shape index (κ3) is 13.5. The fourth-order valence-corrected chi connectivity index (χ4v) is 6.76. The number of hydrogen-bond acceptors (Lipinski definition) is 12. The number of amides is 3. The van der Waals surface area contributed by atoms with Crippen molar-refractivity contribution in [1.29, 1.82) is 0 Å². The van der Waals surface area contributed by atoms with Gasteiger partial charge in [0.25, 0.3) is 0 Å². The molecule has 2 aliphatic heterocycles. The van der Waals surface area contributed by atoms with E-state index in [2.05, 4.69) is 48.1 Å². The summed E-state index contributed by atoms with van der Waals surface area (Å²) in [5, 5.41) is 10.7. The molecule has 3 aliphatic rings. The molecule has 0 radical (unpaired) electrons. The normalized spacial score (nSPS) is 27.0. The highest BCUT2D eigenvalue weighted by atomic mass is 16.6. The predicted octanol–water partition coefficient (Wildman–Crippen LogP) is 0.971. The van der Waals surface area contributed by atoms with Gasteiger partial charge >= 0.3 is 5.97 Å². The van der Waals surface area contributed by atoms with Gasteiger partial charge in [0, 0.05) is 39.6 Å². The van der Waals surface area contributed by atoms with Gasteiger partial charge in [-0.3, -0.25) is 19.2 Å². The minimum atomic E-state index is -0.582. The molecule has 3 rings (SSSR count). The number of allylic oxidation sites excluding steroid dienone is 1. The molecule has 15 heteroatoms. The van der Waals surface area contributed by atoms with Gasteiger partial charge in [-0.2, -0.15) is 0 Å². The van der Waals surface area contributed by atoms with E-state index in [-0.39, 0.29) is 91.6 Å². The van der Waals surface area contributed by atoms with E-state index in [4.69, 9.17) is 28.4 Å². The summed E-state index contributed by atoms with van der Waals surface area (Å²) in [7, 11) is 1.67. The van der Waals surface area contributed by atoms with Crippen molar-refractivity contribution in [2.75, 3.05) is 66.3 Å². The van der Waals surface area contributed by atoms with Gasteiger partial charge in [-0.15, -0.1) is 0 Å². The van der Waals surface area contributed by atoms with Crippen molar-refractivity contribution in [3.8, 4) is 0 Å². The number of aldehydes is 1. The van der Waals surface area contributed by atoms with Crippen LogP contribution in [0.25, 0.3) is 0 Å². The van der Waals surface area contributed by atoms with E-state index in [1.54, 1.807) is 7.11 Å². The first kappa shape index (κ1) is 42.5. The fourth-order valence-electron chi connectivity index (χ4n) is 6.76. The van der Waals surface area contributed by atoms with Crippen LogP contribution in [-0.2, 0) is 52.4 Å². The van der Waals surface area contributed by atoms with Crippen LogP contribution in [-0.4, -0.2) is 132 Å². The minimum Gasteiger partial charge on any atom is -0.460 e. The number of ether oxygens (including phenoxy) is 6. The number of rotatable bonds is 25. The molecule has 3 amide bonds. The molecule has 0 bridgehead atoms. The van der Waals surface area contributed by atoms with Crippen LogP contribution in [0.4, 0.5) is 0 Å². The maximum absolute atomic E-state index is 12.8. The molecule has 1 saturated carbocycles. The topological polar surface area (TPSA) is 195 Å². The molecule has 51 heavy (non-hydrogen) atoms. The van der Waals surface area contributed by atoms with Gasteiger partial charge in [0.2, 0.25) is 17.7 Å². The van der Waals surface area contributed by atoms with Crippen LogP contribution < -0.4 is 21.3 Å². The van der Waals surface area contributed by atoms with Crippen LogP contribution >= 0.6 is 0 Å². The van der Waals surface area contributed by atoms with Gasteiger partial charge in [-0.1, -0.05) is 25.5 Å². The average Bonchev–Trinajstić information content (AvgIpc) is 4.01. The van der Waals surface area contributed by atoms with Crippen molar-refractivity contribution in [3.63, 3.8) is 0 Å². The zero-order valence-electron chi connectivity index (χ0n) is 31.2. The second-order valence-electron chi connectivity index (χ2n) is 14.2. The predicted molar refractivity (Wildman–Crippen MR) is 187 cm³/mol. The van der Waals surface area contributed by atoms with Crippen LogP contribution in [0, 0.1) is 11.8 Å². The van der Waals surface area contributed by atoms with Crippen LogP contribution in [0.3, 0.4) is 0 Å². The van der Waals surface area contributed by atoms with Crippen molar-refractivity contribution in [2.24, 2.45) is 11.8 Å². The lowest BCUT2D eigenvalue weighted by atomic mass is 9.68. The zero-order valence-corrected chi connectivity index (χ0v) is 31.2. The number of methoxy groups -OCH3 is 1. The summed E-state index contributed by atoms with van der Waals surface area (Å²) in [5.74, 6) is -1.37. The van der Waals surface area contributed by atoms with Crippen LogP contribution in [0.15, 0.2) is 11.6 Å². The first-order chi connectivity index (χ1) is 24.4. The molecule has 2 saturated heterocycles. The maximum Gasteiger partial charge on any atom is 0.306 e. The number of nitrogens with one attached hydrogen (secondary N) is 4. The first-order valence-corrected chi connectivity index (χ1v) is 18.2. The maximum atomic E-state index is 12.8. The second kappa shape index (κ2) is 20.9. The van der Waals surface area contributed by atoms with Crippen LogP contribution in [0.2, 0.25) is 0 Å². The Labute approximate surface area is 301 Å². The quantitative estimate of drug-likeness (QED) is 0.0343. The molecule has 290 valence electrons. The van der Waals surface area contributed by atoms with Gasteiger partial charge in [-0.05, 0) is 52.4 Å². The average molecular weight is 725 g/mol. The van der Waals surface area contributed by atoms with Gasteiger partial charge in [0.05, 0.1) is 57.6 Å². The Morgan fingerprint density at radius 2 is 1.69 bits per heavy atom. The number of epoxide rings is 2. The highest BCUT2D eigenvalue weighted by Gasteiger charge is 2.72. The lowest BCUT2D eigenvalue weighted by Crippen LogP contribution is -2.55. The molecule has 3 unspecified atom stereocenters. The summed E-state index contributed by atoms with van der Waals surface area (Å²) in [6.07, 6.45) is 5.44. The third-order valence-corrected chi connectivity index (χ3v) is 9.60. The van der Waals surface area contributed by atoms with Crippen molar-refractivity contribution in [3.05, 3.63) is 11.6 Å². The zero-order chi connectivity index (χ0) is 37.4. The van der Waals surface area contributed by atoms with E-state index in [0.717, 1.165) is 12.8 Å². The van der Waals surface area contributed by atoms with E-state index in [1.807, 2.05) is 13.8 Å². The summed E-state index contributed by atoms with van der Waals surface area (Å²) in [6, 6.07) is -0.582. The Balaban J connectivity index is 1.21. The summed E-state index contributed by atoms with van der Waals surface area (Å²) in [4.78, 5) is 59.3. The molecule has 0 aromatic carbocycles. The summed E-state index contributed by atoms with van der Waals surface area (Å²) < 4.78 is 35.2. The standard InChI is InChI=1S/C36H60N4O11/c1-24(2)9-10-27-35(5,51-27)33-32(46-6)26(11-13-36(33)23-49-36)50-30(44)8-7-18-47-20-21-48-19-16-38-28(42)12-14-39-31(25(3)4)34(45)40-22-29(43)37-15-17-41/h9,17,25-27,31-33,39H,7-8,10-16,18-23H2,1-6H3,(H,37,43)(H,38,42)(H,40,45)/t26?,27-,31+,32?,33?,35-,36+/m1/s1. The van der Waals surface area contributed by atoms with E-state index in [0.29, 0.717) is 58.7 Å². The second-order valence-corrected chi connectivity index (χ2v) is 14.2.